The van der Waals surface area contributed by atoms with Crippen molar-refractivity contribution < 1.29 is 22.7 Å². The third-order valence-corrected chi connectivity index (χ3v) is 7.87. The number of pyridine rings is 1. The van der Waals surface area contributed by atoms with Crippen molar-refractivity contribution in [3.05, 3.63) is 112 Å². The van der Waals surface area contributed by atoms with Crippen LogP contribution in [0.2, 0.25) is 5.02 Å². The number of nitrogens with zero attached hydrogens (tertiary/aromatic N) is 1. The van der Waals surface area contributed by atoms with Crippen molar-refractivity contribution in [2.24, 2.45) is 0 Å². The van der Waals surface area contributed by atoms with E-state index in [1.165, 1.54) is 19.2 Å². The molecular weight excluding hydrogens is 512 g/mol. The highest BCUT2D eigenvalue weighted by atomic mass is 35.5. The summed E-state index contributed by atoms with van der Waals surface area (Å²) in [6.45, 7) is 1.72. The number of carbonyl (C=O) groups is 2. The third-order valence-electron chi connectivity index (χ3n) is 5.69. The van der Waals surface area contributed by atoms with Crippen LogP contribution in [0.4, 0.5) is 5.69 Å². The van der Waals surface area contributed by atoms with Gasteiger partial charge in [0.1, 0.15) is 0 Å². The molecule has 188 valence electrons. The number of sulfone groups is 1. The highest BCUT2D eigenvalue weighted by molar-refractivity contribution is 7.90. The Hall–Kier alpha value is -4.01. The zero-order valence-corrected chi connectivity index (χ0v) is 21.6. The van der Waals surface area contributed by atoms with Crippen molar-refractivity contribution in [2.45, 2.75) is 17.6 Å². The molecule has 7 nitrogen and oxygen atoms in total. The predicted octanol–water partition coefficient (Wildman–Crippen LogP) is 5.72. The van der Waals surface area contributed by atoms with Gasteiger partial charge in [0.05, 0.1) is 34.0 Å². The summed E-state index contributed by atoms with van der Waals surface area (Å²) in [6, 6.07) is 21.5. The second-order valence-corrected chi connectivity index (χ2v) is 10.6. The van der Waals surface area contributed by atoms with Crippen molar-refractivity contribution in [2.75, 3.05) is 12.4 Å². The number of carbonyl (C=O) groups excluding carboxylic acids is 2. The lowest BCUT2D eigenvalue weighted by molar-refractivity contribution is 0.0599. The number of methoxy groups -OCH3 is 1. The van der Waals surface area contributed by atoms with Crippen LogP contribution in [-0.2, 0) is 20.3 Å². The highest BCUT2D eigenvalue weighted by Gasteiger charge is 2.18. The fourth-order valence-electron chi connectivity index (χ4n) is 3.73. The van der Waals surface area contributed by atoms with Crippen LogP contribution in [0.15, 0.2) is 90.0 Å². The first kappa shape index (κ1) is 26.1. The Balaban J connectivity index is 1.48. The van der Waals surface area contributed by atoms with Crippen LogP contribution in [0.5, 0.6) is 0 Å². The number of aromatic nitrogens is 1. The van der Waals surface area contributed by atoms with E-state index in [0.717, 1.165) is 0 Å². The van der Waals surface area contributed by atoms with Crippen LogP contribution in [0.1, 0.15) is 32.0 Å². The number of nitrogens with one attached hydrogen (secondary N) is 1. The number of anilines is 1. The monoisotopic (exact) mass is 534 g/mol. The SMILES string of the molecule is COC(=O)c1cc(-c2cccc(C(=O)Nc3ccc(CS(=O)(=O)c4ccccc4Cl)cc3)c2)cnc1C. The Bertz CT molecular complexity index is 1580. The van der Waals surface area contributed by atoms with Crippen LogP contribution in [0.3, 0.4) is 0 Å². The van der Waals surface area contributed by atoms with Gasteiger partial charge < -0.3 is 10.1 Å². The minimum absolute atomic E-state index is 0.0800. The predicted molar refractivity (Wildman–Crippen MR) is 142 cm³/mol. The normalized spacial score (nSPS) is 11.1. The number of rotatable bonds is 7. The molecule has 1 N–H and O–H groups in total. The number of hydrogen-bond donors (Lipinski definition) is 1. The van der Waals surface area contributed by atoms with Crippen molar-refractivity contribution in [1.29, 1.82) is 0 Å². The summed E-state index contributed by atoms with van der Waals surface area (Å²) in [5, 5.41) is 2.99. The van der Waals surface area contributed by atoms with Crippen molar-refractivity contribution >= 4 is 39.0 Å². The first-order valence-electron chi connectivity index (χ1n) is 11.2. The molecule has 1 aromatic heterocycles. The second kappa shape index (κ2) is 10.9. The summed E-state index contributed by atoms with van der Waals surface area (Å²) in [4.78, 5) is 29.3. The van der Waals surface area contributed by atoms with Gasteiger partial charge in [-0.15, -0.1) is 0 Å². The van der Waals surface area contributed by atoms with Gasteiger partial charge in [-0.2, -0.15) is 0 Å². The van der Waals surface area contributed by atoms with Gasteiger partial charge in [0.15, 0.2) is 9.84 Å². The van der Waals surface area contributed by atoms with Gasteiger partial charge in [-0.25, -0.2) is 13.2 Å². The first-order valence-corrected chi connectivity index (χ1v) is 13.2. The van der Waals surface area contributed by atoms with E-state index in [2.05, 4.69) is 10.3 Å². The molecule has 1 amide bonds. The number of esters is 1. The lowest BCUT2D eigenvalue weighted by atomic mass is 10.0. The molecule has 4 rings (SSSR count). The van der Waals surface area contributed by atoms with E-state index in [9.17, 15) is 18.0 Å². The van der Waals surface area contributed by atoms with E-state index >= 15 is 0 Å². The van der Waals surface area contributed by atoms with E-state index in [0.29, 0.717) is 39.2 Å². The molecule has 0 radical (unpaired) electrons. The summed E-state index contributed by atoms with van der Waals surface area (Å²) < 4.78 is 30.3. The summed E-state index contributed by atoms with van der Waals surface area (Å²) in [6.07, 6.45) is 1.63. The number of benzene rings is 3. The zero-order chi connectivity index (χ0) is 26.6. The molecule has 1 heterocycles. The molecule has 0 fully saturated rings. The highest BCUT2D eigenvalue weighted by Crippen LogP contribution is 2.26. The van der Waals surface area contributed by atoms with Crippen LogP contribution >= 0.6 is 11.6 Å². The van der Waals surface area contributed by atoms with Crippen LogP contribution in [0.25, 0.3) is 11.1 Å². The molecule has 0 aliphatic heterocycles. The van der Waals surface area contributed by atoms with E-state index in [1.807, 2.05) is 6.07 Å². The Morgan fingerprint density at radius 3 is 2.38 bits per heavy atom. The molecule has 0 unspecified atom stereocenters. The molecule has 0 aliphatic carbocycles. The minimum atomic E-state index is -3.62. The molecule has 3 aromatic carbocycles. The van der Waals surface area contributed by atoms with E-state index in [4.69, 9.17) is 16.3 Å². The summed E-state index contributed by atoms with van der Waals surface area (Å²) in [5.74, 6) is -1.04. The minimum Gasteiger partial charge on any atom is -0.465 e. The topological polar surface area (TPSA) is 102 Å². The Kier molecular flexibility index (Phi) is 7.71. The molecule has 0 aliphatic rings. The lowest BCUT2D eigenvalue weighted by Crippen LogP contribution is -2.12. The van der Waals surface area contributed by atoms with Crippen LogP contribution in [0, 0.1) is 6.92 Å². The smallest absolute Gasteiger partial charge is 0.339 e. The molecule has 37 heavy (non-hydrogen) atoms. The number of aryl methyl sites for hydroxylation is 1. The fourth-order valence-corrected chi connectivity index (χ4v) is 5.66. The fraction of sp³-hybridized carbons (Fsp3) is 0.107. The molecule has 0 atom stereocenters. The van der Waals surface area contributed by atoms with Crippen LogP contribution < -0.4 is 5.32 Å². The summed E-state index contributed by atoms with van der Waals surface area (Å²) >= 11 is 6.05. The Morgan fingerprint density at radius 1 is 0.946 bits per heavy atom. The number of amides is 1. The van der Waals surface area contributed by atoms with E-state index < -0.39 is 15.8 Å². The summed E-state index contributed by atoms with van der Waals surface area (Å²) in [5.41, 5.74) is 3.77. The lowest BCUT2D eigenvalue weighted by Gasteiger charge is -2.10. The van der Waals surface area contributed by atoms with Gasteiger partial charge >= 0.3 is 5.97 Å². The maximum Gasteiger partial charge on any atom is 0.339 e. The third kappa shape index (κ3) is 6.04. The standard InChI is InChI=1S/C28H23ClN2O5S/c1-18-24(28(33)36-2)15-22(16-30-18)20-6-5-7-21(14-20)27(32)31-23-12-10-19(11-13-23)17-37(34,35)26-9-4-3-8-25(26)29/h3-16H,17H2,1-2H3,(H,31,32). The summed E-state index contributed by atoms with van der Waals surface area (Å²) in [7, 11) is -2.31. The second-order valence-electron chi connectivity index (χ2n) is 8.27. The van der Waals surface area contributed by atoms with E-state index in [-0.39, 0.29) is 21.6 Å². The van der Waals surface area contributed by atoms with E-state index in [1.54, 1.807) is 73.8 Å². The van der Waals surface area contributed by atoms with Gasteiger partial charge in [-0.05, 0) is 60.5 Å². The molecule has 4 aromatic rings. The van der Waals surface area contributed by atoms with Crippen molar-refractivity contribution in [1.82, 2.24) is 4.98 Å². The largest absolute Gasteiger partial charge is 0.465 e. The number of halogens is 1. The Labute approximate surface area is 220 Å². The Morgan fingerprint density at radius 2 is 1.68 bits per heavy atom. The van der Waals surface area contributed by atoms with Gasteiger partial charge in [0.25, 0.3) is 5.91 Å². The van der Waals surface area contributed by atoms with Gasteiger partial charge in [0.2, 0.25) is 0 Å². The first-order chi connectivity index (χ1) is 17.7. The van der Waals surface area contributed by atoms with Gasteiger partial charge in [-0.3, -0.25) is 9.78 Å². The maximum absolute atomic E-state index is 12.9. The number of ether oxygens (including phenoxy) is 1. The van der Waals surface area contributed by atoms with Crippen LogP contribution in [-0.4, -0.2) is 32.4 Å². The average Bonchev–Trinajstić information content (AvgIpc) is 2.89. The molecule has 9 heteroatoms. The zero-order valence-electron chi connectivity index (χ0n) is 20.1. The maximum atomic E-state index is 12.9. The molecule has 0 saturated heterocycles. The molecular formula is C28H23ClN2O5S. The quantitative estimate of drug-likeness (QED) is 0.304. The van der Waals surface area contributed by atoms with Crippen molar-refractivity contribution in [3.63, 3.8) is 0 Å². The van der Waals surface area contributed by atoms with Gasteiger partial charge in [-0.1, -0.05) is 48.0 Å². The number of hydrogen-bond acceptors (Lipinski definition) is 6. The van der Waals surface area contributed by atoms with Crippen molar-refractivity contribution in [3.8, 4) is 11.1 Å². The van der Waals surface area contributed by atoms with Gasteiger partial charge in [0, 0.05) is 23.0 Å². The molecule has 0 spiro atoms. The molecule has 0 saturated carbocycles. The molecule has 0 bridgehead atoms. The average molecular weight is 535 g/mol.